The Kier molecular flexibility index (Phi) is 7.39. The van der Waals surface area contributed by atoms with Crippen LogP contribution in [0.15, 0.2) is 46.9 Å². The molecule has 0 aliphatic carbocycles. The lowest BCUT2D eigenvalue weighted by Gasteiger charge is -2.30. The van der Waals surface area contributed by atoms with Crippen LogP contribution < -0.4 is 16.4 Å². The van der Waals surface area contributed by atoms with Crippen LogP contribution in [0.25, 0.3) is 10.9 Å². The Bertz CT molecular complexity index is 1590. The molecule has 12 nitrogen and oxygen atoms in total. The first-order valence-electron chi connectivity index (χ1n) is 11.8. The molecule has 13 heteroatoms. The normalized spacial score (nSPS) is 12.1. The van der Waals surface area contributed by atoms with Gasteiger partial charge in [0.1, 0.15) is 17.4 Å². The van der Waals surface area contributed by atoms with Crippen molar-refractivity contribution in [2.45, 2.75) is 39.9 Å². The van der Waals surface area contributed by atoms with Gasteiger partial charge in [0.05, 0.1) is 24.7 Å². The number of rotatable bonds is 8. The number of benzene rings is 2. The molecule has 0 saturated heterocycles. The highest BCUT2D eigenvalue weighted by atomic mass is 19.1. The summed E-state index contributed by atoms with van der Waals surface area (Å²) in [6.07, 6.45) is 0. The number of amides is 3. The molecule has 0 spiro atoms. The van der Waals surface area contributed by atoms with Crippen LogP contribution in [-0.4, -0.2) is 43.7 Å². The van der Waals surface area contributed by atoms with Gasteiger partial charge in [-0.3, -0.25) is 19.1 Å². The number of nitriles is 1. The number of fused-ring (bicyclic) bond motifs is 1. The third-order valence-electron chi connectivity index (χ3n) is 5.85. The Hall–Kier alpha value is -5.12. The number of para-hydroxylation sites is 1. The van der Waals surface area contributed by atoms with Gasteiger partial charge in [0.15, 0.2) is 5.69 Å². The maximum Gasteiger partial charge on any atom is 0.306 e. The minimum absolute atomic E-state index is 0.0425. The van der Waals surface area contributed by atoms with E-state index in [0.29, 0.717) is 5.56 Å². The maximum absolute atomic E-state index is 14.9. The molecule has 4 rings (SSSR count). The van der Waals surface area contributed by atoms with Gasteiger partial charge in [0.25, 0.3) is 5.91 Å². The molecule has 0 fully saturated rings. The fraction of sp³-hybridized carbons (Fsp3) is 0.269. The van der Waals surface area contributed by atoms with E-state index in [2.05, 4.69) is 25.9 Å². The summed E-state index contributed by atoms with van der Waals surface area (Å²) in [6.45, 7) is 5.23. The molecule has 0 saturated carbocycles. The minimum atomic E-state index is -1.03. The van der Waals surface area contributed by atoms with Crippen LogP contribution in [-0.2, 0) is 17.9 Å². The van der Waals surface area contributed by atoms with Crippen molar-refractivity contribution in [3.05, 3.63) is 76.9 Å². The molecule has 0 aliphatic rings. The van der Waals surface area contributed by atoms with Crippen LogP contribution in [0, 0.1) is 22.6 Å². The molecule has 1 unspecified atom stereocenters. The number of nitrogens with zero attached hydrogens (tertiary/aromatic N) is 5. The van der Waals surface area contributed by atoms with Crippen molar-refractivity contribution >= 4 is 28.6 Å². The van der Waals surface area contributed by atoms with Gasteiger partial charge in [-0.25, -0.2) is 4.39 Å². The van der Waals surface area contributed by atoms with Gasteiger partial charge in [-0.05, 0) is 29.2 Å². The fourth-order valence-corrected chi connectivity index (χ4v) is 3.90. The zero-order chi connectivity index (χ0) is 28.3. The second-order valence-corrected chi connectivity index (χ2v) is 9.81. The molecule has 2 aromatic heterocycles. The summed E-state index contributed by atoms with van der Waals surface area (Å²) in [5.74, 6) is -3.13. The van der Waals surface area contributed by atoms with E-state index < -0.39 is 40.9 Å². The Morgan fingerprint density at radius 1 is 1.15 bits per heavy atom. The standard InChI is InChI=1S/C26H25FN8O4/c1-26(2,3)21(24(38)30-12-18-32-33-25(39-18)22(29)36)31-23(37)19-16-5-4-6-17(27)20(16)35(34-19)13-15-9-7-14(11-28)8-10-15/h4-10,21H,12-13H2,1-3H3,(H2,29,36)(H,30,38)(H,31,37). The number of hydrogen-bond acceptors (Lipinski definition) is 8. The first-order valence-corrected chi connectivity index (χ1v) is 11.8. The molecule has 0 aliphatic heterocycles. The van der Waals surface area contributed by atoms with Crippen molar-refractivity contribution in [1.82, 2.24) is 30.6 Å². The molecule has 2 heterocycles. The first-order chi connectivity index (χ1) is 18.5. The highest BCUT2D eigenvalue weighted by Crippen LogP contribution is 2.25. The average molecular weight is 533 g/mol. The predicted molar refractivity (Wildman–Crippen MR) is 135 cm³/mol. The van der Waals surface area contributed by atoms with E-state index in [1.54, 1.807) is 51.1 Å². The van der Waals surface area contributed by atoms with E-state index in [0.717, 1.165) is 5.56 Å². The van der Waals surface area contributed by atoms with Crippen molar-refractivity contribution in [3.63, 3.8) is 0 Å². The smallest absolute Gasteiger partial charge is 0.306 e. The number of nitrogens with two attached hydrogens (primary N) is 1. The molecule has 0 radical (unpaired) electrons. The molecular weight excluding hydrogens is 507 g/mol. The van der Waals surface area contributed by atoms with Crippen molar-refractivity contribution in [2.75, 3.05) is 0 Å². The van der Waals surface area contributed by atoms with Crippen LogP contribution in [0.3, 0.4) is 0 Å². The quantitative estimate of drug-likeness (QED) is 0.308. The maximum atomic E-state index is 14.9. The predicted octanol–water partition coefficient (Wildman–Crippen LogP) is 2.04. The number of nitrogens with one attached hydrogen (secondary N) is 2. The van der Waals surface area contributed by atoms with Crippen LogP contribution in [0.2, 0.25) is 0 Å². The Morgan fingerprint density at radius 2 is 1.87 bits per heavy atom. The second-order valence-electron chi connectivity index (χ2n) is 9.81. The number of hydrogen-bond donors (Lipinski definition) is 3. The van der Waals surface area contributed by atoms with E-state index >= 15 is 0 Å². The Labute approximate surface area is 222 Å². The fourth-order valence-electron chi connectivity index (χ4n) is 3.90. The van der Waals surface area contributed by atoms with Crippen molar-refractivity contribution in [2.24, 2.45) is 11.1 Å². The lowest BCUT2D eigenvalue weighted by atomic mass is 9.86. The monoisotopic (exact) mass is 532 g/mol. The van der Waals surface area contributed by atoms with Gasteiger partial charge in [-0.1, -0.05) is 45.0 Å². The number of primary amides is 1. The molecular formula is C26H25FN8O4. The molecule has 4 aromatic rings. The minimum Gasteiger partial charge on any atom is -0.415 e. The van der Waals surface area contributed by atoms with Gasteiger partial charge >= 0.3 is 11.8 Å². The third-order valence-corrected chi connectivity index (χ3v) is 5.85. The summed E-state index contributed by atoms with van der Waals surface area (Å²) in [7, 11) is 0. The number of carbonyl (C=O) groups excluding carboxylic acids is 3. The molecule has 2 aromatic carbocycles. The molecule has 3 amide bonds. The summed E-state index contributed by atoms with van der Waals surface area (Å²) in [6, 6.07) is 12.1. The number of halogens is 1. The molecule has 4 N–H and O–H groups in total. The van der Waals surface area contributed by atoms with Crippen LogP contribution >= 0.6 is 0 Å². The highest BCUT2D eigenvalue weighted by molar-refractivity contribution is 6.06. The summed E-state index contributed by atoms with van der Waals surface area (Å²) in [4.78, 5) is 37.6. The Balaban J connectivity index is 1.58. The zero-order valence-corrected chi connectivity index (χ0v) is 21.4. The molecule has 1 atom stereocenters. The van der Waals surface area contributed by atoms with Gasteiger partial charge in [0, 0.05) is 5.39 Å². The Morgan fingerprint density at radius 3 is 2.49 bits per heavy atom. The molecule has 0 bridgehead atoms. The second kappa shape index (κ2) is 10.7. The van der Waals surface area contributed by atoms with E-state index in [-0.39, 0.29) is 35.6 Å². The summed E-state index contributed by atoms with van der Waals surface area (Å²) < 4.78 is 21.3. The van der Waals surface area contributed by atoms with Crippen molar-refractivity contribution in [1.29, 1.82) is 5.26 Å². The van der Waals surface area contributed by atoms with Crippen molar-refractivity contribution in [3.8, 4) is 6.07 Å². The van der Waals surface area contributed by atoms with Crippen molar-refractivity contribution < 1.29 is 23.2 Å². The molecule has 39 heavy (non-hydrogen) atoms. The van der Waals surface area contributed by atoms with E-state index in [4.69, 9.17) is 15.4 Å². The number of carbonyl (C=O) groups is 3. The molecule has 200 valence electrons. The summed E-state index contributed by atoms with van der Waals surface area (Å²) in [5, 5.41) is 26.1. The van der Waals surface area contributed by atoms with Gasteiger partial charge in [-0.15, -0.1) is 10.2 Å². The van der Waals surface area contributed by atoms with Crippen LogP contribution in [0.5, 0.6) is 0 Å². The van der Waals surface area contributed by atoms with Gasteiger partial charge in [0.2, 0.25) is 11.8 Å². The average Bonchev–Trinajstić information content (AvgIpc) is 3.51. The third kappa shape index (κ3) is 5.90. The van der Waals surface area contributed by atoms with E-state index in [1.165, 1.54) is 16.8 Å². The van der Waals surface area contributed by atoms with Gasteiger partial charge in [-0.2, -0.15) is 10.4 Å². The topological polar surface area (TPSA) is 182 Å². The zero-order valence-electron chi connectivity index (χ0n) is 21.4. The van der Waals surface area contributed by atoms with E-state index in [9.17, 15) is 18.8 Å². The number of aromatic nitrogens is 4. The highest BCUT2D eigenvalue weighted by Gasteiger charge is 2.34. The summed E-state index contributed by atoms with van der Waals surface area (Å²) >= 11 is 0. The SMILES string of the molecule is CC(C)(C)C(NC(=O)c1nn(Cc2ccc(C#N)cc2)c2c(F)cccc12)C(=O)NCc1nnc(C(N)=O)o1. The van der Waals surface area contributed by atoms with E-state index in [1.807, 2.05) is 6.07 Å². The largest absolute Gasteiger partial charge is 0.415 e. The lowest BCUT2D eigenvalue weighted by molar-refractivity contribution is -0.125. The lowest BCUT2D eigenvalue weighted by Crippen LogP contribution is -2.53. The first kappa shape index (κ1) is 26.9. The van der Waals surface area contributed by atoms with Crippen LogP contribution in [0.1, 0.15) is 59.0 Å². The van der Waals surface area contributed by atoms with Crippen LogP contribution in [0.4, 0.5) is 4.39 Å². The van der Waals surface area contributed by atoms with Gasteiger partial charge < -0.3 is 20.8 Å². The summed E-state index contributed by atoms with van der Waals surface area (Å²) in [5.41, 5.74) is 5.66.